The average molecular weight is 330 g/mol. The van der Waals surface area contributed by atoms with E-state index in [0.717, 1.165) is 6.07 Å². The number of alkyl halides is 5. The third kappa shape index (κ3) is 3.71. The van der Waals surface area contributed by atoms with Crippen molar-refractivity contribution in [3.05, 3.63) is 34.9 Å². The zero-order chi connectivity index (χ0) is 13.1. The lowest BCUT2D eigenvalue weighted by Gasteiger charge is -2.12. The quantitative estimate of drug-likeness (QED) is 0.590. The molecule has 0 spiro atoms. The van der Waals surface area contributed by atoms with Crippen molar-refractivity contribution in [3.8, 4) is 0 Å². The molecule has 0 amide bonds. The summed E-state index contributed by atoms with van der Waals surface area (Å²) in [6.45, 7) is 0. The highest BCUT2D eigenvalue weighted by Gasteiger charge is 2.33. The molecule has 0 aliphatic carbocycles. The van der Waals surface area contributed by atoms with Gasteiger partial charge in [0.05, 0.1) is 5.56 Å². The first-order valence-electron chi connectivity index (χ1n) is 4.75. The largest absolute Gasteiger partial charge is 0.416 e. The van der Waals surface area contributed by atoms with E-state index < -0.39 is 11.7 Å². The molecule has 94 valence electrons. The molecule has 0 saturated carbocycles. The standard InChI is InChI=1S/C11H9BrClF3O/c12-4-3-10(17)7-1-2-8(6-13)9(5-7)11(14,15)16/h1-2,5H,3-4,6H2. The molecule has 0 N–H and O–H groups in total. The van der Waals surface area contributed by atoms with Crippen LogP contribution >= 0.6 is 27.5 Å². The molecule has 0 aliphatic rings. The van der Waals surface area contributed by atoms with Gasteiger partial charge in [0.1, 0.15) is 0 Å². The van der Waals surface area contributed by atoms with E-state index >= 15 is 0 Å². The topological polar surface area (TPSA) is 17.1 Å². The molecule has 1 nitrogen and oxygen atoms in total. The maximum Gasteiger partial charge on any atom is 0.416 e. The minimum Gasteiger partial charge on any atom is -0.294 e. The van der Waals surface area contributed by atoms with Gasteiger partial charge >= 0.3 is 6.18 Å². The van der Waals surface area contributed by atoms with Crippen LogP contribution in [0.5, 0.6) is 0 Å². The Morgan fingerprint density at radius 2 is 2.00 bits per heavy atom. The number of carbonyl (C=O) groups is 1. The van der Waals surface area contributed by atoms with E-state index in [1.807, 2.05) is 0 Å². The number of rotatable bonds is 4. The Labute approximate surface area is 110 Å². The van der Waals surface area contributed by atoms with Crippen LogP contribution in [-0.4, -0.2) is 11.1 Å². The van der Waals surface area contributed by atoms with Crippen LogP contribution in [0.1, 0.15) is 27.9 Å². The Bertz CT molecular complexity index is 418. The van der Waals surface area contributed by atoms with Crippen LogP contribution in [-0.2, 0) is 12.1 Å². The summed E-state index contributed by atoms with van der Waals surface area (Å²) in [5, 5.41) is 0.421. The van der Waals surface area contributed by atoms with Gasteiger partial charge in [-0.3, -0.25) is 4.79 Å². The van der Waals surface area contributed by atoms with Gasteiger partial charge in [0.15, 0.2) is 5.78 Å². The second-order valence-electron chi connectivity index (χ2n) is 3.37. The van der Waals surface area contributed by atoms with Crippen molar-refractivity contribution in [3.63, 3.8) is 0 Å². The van der Waals surface area contributed by atoms with Crippen molar-refractivity contribution in [2.45, 2.75) is 18.5 Å². The SMILES string of the molecule is O=C(CCBr)c1ccc(CCl)c(C(F)(F)F)c1. The second-order valence-corrected chi connectivity index (χ2v) is 4.43. The van der Waals surface area contributed by atoms with Gasteiger partial charge in [-0.15, -0.1) is 11.6 Å². The monoisotopic (exact) mass is 328 g/mol. The van der Waals surface area contributed by atoms with Gasteiger partial charge in [-0.05, 0) is 11.6 Å². The highest BCUT2D eigenvalue weighted by molar-refractivity contribution is 9.09. The first-order chi connectivity index (χ1) is 7.90. The van der Waals surface area contributed by atoms with Crippen LogP contribution in [0.25, 0.3) is 0 Å². The van der Waals surface area contributed by atoms with Crippen LogP contribution in [0.3, 0.4) is 0 Å². The number of benzene rings is 1. The lowest BCUT2D eigenvalue weighted by atomic mass is 10.0. The van der Waals surface area contributed by atoms with Crippen molar-refractivity contribution < 1.29 is 18.0 Å². The maximum atomic E-state index is 12.7. The van der Waals surface area contributed by atoms with E-state index in [1.54, 1.807) is 0 Å². The van der Waals surface area contributed by atoms with Crippen LogP contribution < -0.4 is 0 Å². The van der Waals surface area contributed by atoms with Crippen molar-refractivity contribution in [1.29, 1.82) is 0 Å². The zero-order valence-corrected chi connectivity index (χ0v) is 11.0. The fourth-order valence-corrected chi connectivity index (χ4v) is 1.95. The van der Waals surface area contributed by atoms with E-state index in [4.69, 9.17) is 11.6 Å². The van der Waals surface area contributed by atoms with Gasteiger partial charge < -0.3 is 0 Å². The third-order valence-corrected chi connectivity index (χ3v) is 2.89. The van der Waals surface area contributed by atoms with E-state index in [-0.39, 0.29) is 29.2 Å². The van der Waals surface area contributed by atoms with Crippen LogP contribution in [0.4, 0.5) is 13.2 Å². The summed E-state index contributed by atoms with van der Waals surface area (Å²) in [6, 6.07) is 3.48. The average Bonchev–Trinajstić information content (AvgIpc) is 2.27. The van der Waals surface area contributed by atoms with Crippen LogP contribution in [0.2, 0.25) is 0 Å². The summed E-state index contributed by atoms with van der Waals surface area (Å²) in [7, 11) is 0. The summed E-state index contributed by atoms with van der Waals surface area (Å²) in [5.74, 6) is -0.560. The third-order valence-electron chi connectivity index (χ3n) is 2.20. The summed E-state index contributed by atoms with van der Waals surface area (Å²) in [6.07, 6.45) is -4.33. The van der Waals surface area contributed by atoms with E-state index in [2.05, 4.69) is 15.9 Å². The molecule has 0 aliphatic heterocycles. The molecule has 17 heavy (non-hydrogen) atoms. The normalized spacial score (nSPS) is 11.6. The first kappa shape index (κ1) is 14.5. The minimum atomic E-state index is -4.49. The van der Waals surface area contributed by atoms with Gasteiger partial charge in [-0.1, -0.05) is 28.1 Å². The smallest absolute Gasteiger partial charge is 0.294 e. The second kappa shape index (κ2) is 5.87. The van der Waals surface area contributed by atoms with E-state index in [0.29, 0.717) is 5.33 Å². The Morgan fingerprint density at radius 3 is 2.47 bits per heavy atom. The summed E-state index contributed by atoms with van der Waals surface area (Å²) in [4.78, 5) is 11.5. The predicted molar refractivity (Wildman–Crippen MR) is 63.7 cm³/mol. The molecular formula is C11H9BrClF3O. The molecule has 0 atom stereocenters. The lowest BCUT2D eigenvalue weighted by Crippen LogP contribution is -2.11. The number of carbonyl (C=O) groups excluding carboxylic acids is 1. The Morgan fingerprint density at radius 1 is 1.35 bits per heavy atom. The Balaban J connectivity index is 3.18. The predicted octanol–water partition coefficient (Wildman–Crippen LogP) is 4.41. The molecule has 0 saturated heterocycles. The highest BCUT2D eigenvalue weighted by atomic mass is 79.9. The first-order valence-corrected chi connectivity index (χ1v) is 6.41. The van der Waals surface area contributed by atoms with E-state index in [9.17, 15) is 18.0 Å². The van der Waals surface area contributed by atoms with Crippen molar-refractivity contribution >= 4 is 33.3 Å². The molecule has 0 heterocycles. The fraction of sp³-hybridized carbons (Fsp3) is 0.364. The minimum absolute atomic E-state index is 0.0189. The van der Waals surface area contributed by atoms with Gasteiger partial charge in [0.2, 0.25) is 0 Å². The molecule has 0 radical (unpaired) electrons. The Kier molecular flexibility index (Phi) is 5.01. The van der Waals surface area contributed by atoms with Crippen molar-refractivity contribution in [1.82, 2.24) is 0 Å². The molecule has 0 bridgehead atoms. The van der Waals surface area contributed by atoms with Gasteiger partial charge in [0, 0.05) is 23.2 Å². The van der Waals surface area contributed by atoms with Crippen LogP contribution in [0.15, 0.2) is 18.2 Å². The van der Waals surface area contributed by atoms with Crippen LogP contribution in [0, 0.1) is 0 Å². The molecular weight excluding hydrogens is 320 g/mol. The highest BCUT2D eigenvalue weighted by Crippen LogP contribution is 2.33. The number of halogens is 5. The summed E-state index contributed by atoms with van der Waals surface area (Å²) in [5.41, 5.74) is -0.798. The molecule has 6 heteroatoms. The molecule has 0 fully saturated rings. The molecule has 0 aromatic heterocycles. The summed E-state index contributed by atoms with van der Waals surface area (Å²) < 4.78 is 38.1. The lowest BCUT2D eigenvalue weighted by molar-refractivity contribution is -0.138. The van der Waals surface area contributed by atoms with Crippen molar-refractivity contribution in [2.75, 3.05) is 5.33 Å². The fourth-order valence-electron chi connectivity index (χ4n) is 1.36. The molecule has 1 aromatic carbocycles. The van der Waals surface area contributed by atoms with E-state index in [1.165, 1.54) is 12.1 Å². The molecule has 1 aromatic rings. The number of hydrogen-bond donors (Lipinski definition) is 0. The van der Waals surface area contributed by atoms with Gasteiger partial charge in [-0.2, -0.15) is 13.2 Å². The van der Waals surface area contributed by atoms with Crippen molar-refractivity contribution in [2.24, 2.45) is 0 Å². The number of ketones is 1. The van der Waals surface area contributed by atoms with Gasteiger partial charge in [0.25, 0.3) is 0 Å². The summed E-state index contributed by atoms with van der Waals surface area (Å²) >= 11 is 8.51. The zero-order valence-electron chi connectivity index (χ0n) is 8.65. The molecule has 1 rings (SSSR count). The number of Topliss-reactive ketones (excluding diaryl/α,β-unsaturated/α-hetero) is 1. The Hall–Kier alpha value is -0.550. The molecule has 0 unspecified atom stereocenters. The van der Waals surface area contributed by atoms with Gasteiger partial charge in [-0.25, -0.2) is 0 Å². The maximum absolute atomic E-state index is 12.7. The number of hydrogen-bond acceptors (Lipinski definition) is 1.